The number of aromatic nitrogens is 3. The molecular formula is C21H20F2N4O3S2. The molecule has 0 unspecified atom stereocenters. The van der Waals surface area contributed by atoms with Crippen molar-refractivity contribution in [2.75, 3.05) is 24.3 Å². The van der Waals surface area contributed by atoms with Crippen LogP contribution >= 0.6 is 11.8 Å². The SMILES string of the molecule is CN(C(=O)CSc1nnc(-c2ccccc2)n1-c1ccc(F)cc1F)[C@H]1CCS(=O)(=O)C1. The van der Waals surface area contributed by atoms with E-state index in [0.717, 1.165) is 23.9 Å². The molecule has 2 heterocycles. The highest BCUT2D eigenvalue weighted by Gasteiger charge is 2.33. The zero-order chi connectivity index (χ0) is 22.9. The Morgan fingerprint density at radius 2 is 1.94 bits per heavy atom. The van der Waals surface area contributed by atoms with Crippen LogP contribution in [0, 0.1) is 11.6 Å². The molecule has 4 rings (SSSR count). The first kappa shape index (κ1) is 22.4. The average Bonchev–Trinajstić information content (AvgIpc) is 3.35. The van der Waals surface area contributed by atoms with Gasteiger partial charge in [0.2, 0.25) is 5.91 Å². The number of rotatable bonds is 6. The third-order valence-corrected chi connectivity index (χ3v) is 7.95. The molecule has 1 aliphatic heterocycles. The van der Waals surface area contributed by atoms with Crippen molar-refractivity contribution >= 4 is 27.5 Å². The summed E-state index contributed by atoms with van der Waals surface area (Å²) in [6.07, 6.45) is 0.407. The zero-order valence-electron chi connectivity index (χ0n) is 17.1. The monoisotopic (exact) mass is 478 g/mol. The third kappa shape index (κ3) is 4.68. The number of thioether (sulfide) groups is 1. The summed E-state index contributed by atoms with van der Waals surface area (Å²) < 4.78 is 53.0. The molecular weight excluding hydrogens is 458 g/mol. The Hall–Kier alpha value is -2.79. The number of hydrogen-bond donors (Lipinski definition) is 0. The fourth-order valence-corrected chi connectivity index (χ4v) is 6.17. The third-order valence-electron chi connectivity index (χ3n) is 5.29. The summed E-state index contributed by atoms with van der Waals surface area (Å²) in [5, 5.41) is 8.57. The summed E-state index contributed by atoms with van der Waals surface area (Å²) >= 11 is 1.05. The molecule has 1 aliphatic rings. The molecule has 0 radical (unpaired) electrons. The van der Waals surface area contributed by atoms with Crippen molar-refractivity contribution in [2.24, 2.45) is 0 Å². The lowest BCUT2D eigenvalue weighted by atomic mass is 10.2. The molecule has 3 aromatic rings. The van der Waals surface area contributed by atoms with Gasteiger partial charge in [-0.1, -0.05) is 42.1 Å². The average molecular weight is 479 g/mol. The highest BCUT2D eigenvalue weighted by molar-refractivity contribution is 7.99. The number of hydrogen-bond acceptors (Lipinski definition) is 6. The Bertz CT molecular complexity index is 1250. The molecule has 7 nitrogen and oxygen atoms in total. The summed E-state index contributed by atoms with van der Waals surface area (Å²) in [7, 11) is -1.54. The zero-order valence-corrected chi connectivity index (χ0v) is 18.7. The van der Waals surface area contributed by atoms with Crippen LogP contribution in [-0.2, 0) is 14.6 Å². The van der Waals surface area contributed by atoms with Crippen molar-refractivity contribution < 1.29 is 22.0 Å². The van der Waals surface area contributed by atoms with Gasteiger partial charge in [0.1, 0.15) is 11.6 Å². The lowest BCUT2D eigenvalue weighted by Crippen LogP contribution is -2.38. The predicted molar refractivity (Wildman–Crippen MR) is 117 cm³/mol. The second-order valence-corrected chi connectivity index (χ2v) is 10.6. The van der Waals surface area contributed by atoms with Crippen molar-refractivity contribution in [3.8, 4) is 17.1 Å². The molecule has 0 bridgehead atoms. The molecule has 2 aromatic carbocycles. The second-order valence-electron chi connectivity index (χ2n) is 7.45. The smallest absolute Gasteiger partial charge is 0.233 e. The molecule has 1 saturated heterocycles. The van der Waals surface area contributed by atoms with E-state index in [9.17, 15) is 22.0 Å². The van der Waals surface area contributed by atoms with E-state index in [1.165, 1.54) is 15.5 Å². The molecule has 1 fully saturated rings. The van der Waals surface area contributed by atoms with Gasteiger partial charge in [-0.25, -0.2) is 17.2 Å². The van der Waals surface area contributed by atoms with Crippen LogP contribution in [-0.4, -0.2) is 64.3 Å². The van der Waals surface area contributed by atoms with Gasteiger partial charge >= 0.3 is 0 Å². The van der Waals surface area contributed by atoms with E-state index >= 15 is 0 Å². The van der Waals surface area contributed by atoms with Gasteiger partial charge in [0, 0.05) is 24.7 Å². The fraction of sp³-hybridized carbons (Fsp3) is 0.286. The van der Waals surface area contributed by atoms with Crippen LogP contribution in [0.2, 0.25) is 0 Å². The van der Waals surface area contributed by atoms with Gasteiger partial charge in [-0.2, -0.15) is 0 Å². The number of carbonyl (C=O) groups excluding carboxylic acids is 1. The largest absolute Gasteiger partial charge is 0.341 e. The first-order valence-electron chi connectivity index (χ1n) is 9.80. The summed E-state index contributed by atoms with van der Waals surface area (Å²) in [6, 6.07) is 11.9. The van der Waals surface area contributed by atoms with Crippen molar-refractivity contribution in [1.29, 1.82) is 0 Å². The summed E-state index contributed by atoms with van der Waals surface area (Å²) in [5.74, 6) is -1.44. The molecule has 11 heteroatoms. The van der Waals surface area contributed by atoms with Gasteiger partial charge in [-0.3, -0.25) is 9.36 Å². The first-order valence-corrected chi connectivity index (χ1v) is 12.6. The summed E-state index contributed by atoms with van der Waals surface area (Å²) in [5.41, 5.74) is 0.732. The van der Waals surface area contributed by atoms with Crippen molar-refractivity contribution in [3.05, 3.63) is 60.2 Å². The number of benzene rings is 2. The Morgan fingerprint density at radius 1 is 1.19 bits per heavy atom. The number of amides is 1. The van der Waals surface area contributed by atoms with Crippen LogP contribution in [0.25, 0.3) is 17.1 Å². The van der Waals surface area contributed by atoms with E-state index in [0.29, 0.717) is 17.8 Å². The minimum Gasteiger partial charge on any atom is -0.341 e. The molecule has 0 spiro atoms. The maximum Gasteiger partial charge on any atom is 0.233 e. The van der Waals surface area contributed by atoms with Gasteiger partial charge < -0.3 is 4.90 Å². The highest BCUT2D eigenvalue weighted by Crippen LogP contribution is 2.30. The van der Waals surface area contributed by atoms with Gasteiger partial charge in [0.15, 0.2) is 20.8 Å². The quantitative estimate of drug-likeness (QED) is 0.507. The Labute approximate surface area is 188 Å². The van der Waals surface area contributed by atoms with E-state index in [1.54, 1.807) is 31.3 Å². The van der Waals surface area contributed by atoms with Crippen LogP contribution in [0.4, 0.5) is 8.78 Å². The molecule has 1 aromatic heterocycles. The summed E-state index contributed by atoms with van der Waals surface area (Å²) in [4.78, 5) is 14.1. The minimum absolute atomic E-state index is 0.0389. The number of halogens is 2. The lowest BCUT2D eigenvalue weighted by Gasteiger charge is -2.23. The van der Waals surface area contributed by atoms with Crippen LogP contribution in [0.1, 0.15) is 6.42 Å². The van der Waals surface area contributed by atoms with E-state index in [1.807, 2.05) is 6.07 Å². The molecule has 1 atom stereocenters. The van der Waals surface area contributed by atoms with Gasteiger partial charge in [-0.05, 0) is 18.6 Å². The topological polar surface area (TPSA) is 85.2 Å². The van der Waals surface area contributed by atoms with Crippen molar-refractivity contribution in [2.45, 2.75) is 17.6 Å². The number of sulfone groups is 1. The van der Waals surface area contributed by atoms with Crippen LogP contribution in [0.3, 0.4) is 0 Å². The van der Waals surface area contributed by atoms with Crippen molar-refractivity contribution in [1.82, 2.24) is 19.7 Å². The molecule has 0 aliphatic carbocycles. The maximum atomic E-state index is 14.6. The Balaban J connectivity index is 1.61. The normalized spacial score (nSPS) is 17.4. The van der Waals surface area contributed by atoms with Crippen LogP contribution in [0.15, 0.2) is 53.7 Å². The molecule has 1 amide bonds. The Morgan fingerprint density at radius 3 is 2.59 bits per heavy atom. The van der Waals surface area contributed by atoms with Crippen LogP contribution in [0.5, 0.6) is 0 Å². The molecule has 0 N–H and O–H groups in total. The predicted octanol–water partition coefficient (Wildman–Crippen LogP) is 2.95. The van der Waals surface area contributed by atoms with Gasteiger partial charge in [0.25, 0.3) is 0 Å². The second kappa shape index (κ2) is 8.99. The van der Waals surface area contributed by atoms with E-state index in [4.69, 9.17) is 0 Å². The van der Waals surface area contributed by atoms with Crippen molar-refractivity contribution in [3.63, 3.8) is 0 Å². The lowest BCUT2D eigenvalue weighted by molar-refractivity contribution is -0.128. The highest BCUT2D eigenvalue weighted by atomic mass is 32.2. The van der Waals surface area contributed by atoms with E-state index < -0.39 is 21.5 Å². The molecule has 168 valence electrons. The molecule has 0 saturated carbocycles. The number of nitrogens with zero attached hydrogens (tertiary/aromatic N) is 4. The standard InChI is InChI=1S/C21H20F2N4O3S2/c1-26(16-9-10-32(29,30)13-16)19(28)12-31-21-25-24-20(14-5-3-2-4-6-14)27(21)18-8-7-15(22)11-17(18)23/h2-8,11,16H,9-10,12-13H2,1H3/t16-/m0/s1. The summed E-state index contributed by atoms with van der Waals surface area (Å²) in [6.45, 7) is 0. The minimum atomic E-state index is -3.12. The molecule has 32 heavy (non-hydrogen) atoms. The number of carbonyl (C=O) groups is 1. The maximum absolute atomic E-state index is 14.6. The van der Waals surface area contributed by atoms with E-state index in [2.05, 4.69) is 10.2 Å². The van der Waals surface area contributed by atoms with Crippen LogP contribution < -0.4 is 0 Å². The van der Waals surface area contributed by atoms with E-state index in [-0.39, 0.29) is 40.1 Å². The first-order chi connectivity index (χ1) is 15.2. The fourth-order valence-electron chi connectivity index (χ4n) is 3.53. The van der Waals surface area contributed by atoms with Gasteiger partial charge in [-0.15, -0.1) is 10.2 Å². The Kier molecular flexibility index (Phi) is 6.29. The van der Waals surface area contributed by atoms with Gasteiger partial charge in [0.05, 0.1) is 22.9 Å².